The number of anilines is 1. The topological polar surface area (TPSA) is 64.1 Å². The van der Waals surface area contributed by atoms with Gasteiger partial charge in [0.25, 0.3) is 0 Å². The molecule has 0 aliphatic heterocycles. The van der Waals surface area contributed by atoms with Crippen molar-refractivity contribution >= 4 is 16.7 Å². The lowest BCUT2D eigenvalue weighted by Gasteiger charge is -2.35. The Kier molecular flexibility index (Phi) is 2.55. The Morgan fingerprint density at radius 2 is 2.17 bits per heavy atom. The molecule has 3 rings (SSSR count). The number of rotatable bonds is 2. The summed E-state index contributed by atoms with van der Waals surface area (Å²) >= 11 is 0. The maximum Gasteiger partial charge on any atom is 0.138 e. The Morgan fingerprint density at radius 1 is 1.44 bits per heavy atom. The summed E-state index contributed by atoms with van der Waals surface area (Å²) in [7, 11) is 0. The molecule has 1 aliphatic rings. The van der Waals surface area contributed by atoms with Crippen LogP contribution in [0.5, 0.6) is 0 Å². The quantitative estimate of drug-likeness (QED) is 0.799. The van der Waals surface area contributed by atoms with Gasteiger partial charge in [-0.3, -0.25) is 0 Å². The van der Waals surface area contributed by atoms with Crippen molar-refractivity contribution in [1.29, 1.82) is 0 Å². The second-order valence-electron chi connectivity index (χ2n) is 5.49. The fraction of sp³-hybridized carbons (Fsp3) is 0.500. The monoisotopic (exact) mass is 245 g/mol. The normalized spacial score (nSPS) is 25.1. The molecule has 1 aromatic heterocycles. The minimum atomic E-state index is -0.547. The minimum Gasteiger partial charge on any atom is -0.399 e. The van der Waals surface area contributed by atoms with Crippen LogP contribution in [0.25, 0.3) is 11.0 Å². The number of nitrogen functional groups attached to an aromatic ring is 1. The van der Waals surface area contributed by atoms with Crippen molar-refractivity contribution < 1.29 is 5.11 Å². The number of fused-ring (bicyclic) bond motifs is 1. The van der Waals surface area contributed by atoms with Crippen molar-refractivity contribution in [2.45, 2.75) is 38.8 Å². The number of nitrogens with two attached hydrogens (primary N) is 1. The van der Waals surface area contributed by atoms with Gasteiger partial charge in [-0.1, -0.05) is 6.92 Å². The van der Waals surface area contributed by atoms with Gasteiger partial charge in [-0.2, -0.15) is 0 Å². The smallest absolute Gasteiger partial charge is 0.138 e. The summed E-state index contributed by atoms with van der Waals surface area (Å²) in [5.41, 5.74) is 8.47. The Hall–Kier alpha value is -1.55. The molecule has 0 bridgehead atoms. The van der Waals surface area contributed by atoms with E-state index in [2.05, 4.69) is 16.5 Å². The SMILES string of the molecule is CC1CC(n2c(C(C)O)nc3cc(N)ccc32)C1. The van der Waals surface area contributed by atoms with Crippen molar-refractivity contribution in [1.82, 2.24) is 9.55 Å². The van der Waals surface area contributed by atoms with E-state index in [1.54, 1.807) is 6.92 Å². The number of aromatic nitrogens is 2. The standard InChI is InChI=1S/C14H19N3O/c1-8-5-11(6-8)17-13-4-3-10(15)7-12(13)16-14(17)9(2)18/h3-4,7-9,11,18H,5-6,15H2,1-2H3. The van der Waals surface area contributed by atoms with Crippen LogP contribution >= 0.6 is 0 Å². The first-order valence-electron chi connectivity index (χ1n) is 6.51. The first-order valence-corrected chi connectivity index (χ1v) is 6.51. The van der Waals surface area contributed by atoms with Crippen LogP contribution < -0.4 is 5.73 Å². The molecule has 0 amide bonds. The highest BCUT2D eigenvalue weighted by Gasteiger charge is 2.30. The molecular formula is C14H19N3O. The van der Waals surface area contributed by atoms with E-state index in [1.165, 1.54) is 0 Å². The van der Waals surface area contributed by atoms with E-state index >= 15 is 0 Å². The lowest BCUT2D eigenvalue weighted by Crippen LogP contribution is -2.26. The van der Waals surface area contributed by atoms with E-state index in [1.807, 2.05) is 18.2 Å². The van der Waals surface area contributed by atoms with E-state index in [-0.39, 0.29) is 0 Å². The van der Waals surface area contributed by atoms with Gasteiger partial charge in [-0.05, 0) is 43.9 Å². The van der Waals surface area contributed by atoms with E-state index in [0.717, 1.165) is 35.6 Å². The lowest BCUT2D eigenvalue weighted by atomic mass is 9.81. The Labute approximate surface area is 106 Å². The fourth-order valence-electron chi connectivity index (χ4n) is 2.88. The highest BCUT2D eigenvalue weighted by atomic mass is 16.3. The fourth-order valence-corrected chi connectivity index (χ4v) is 2.88. The molecule has 1 heterocycles. The van der Waals surface area contributed by atoms with Crippen molar-refractivity contribution in [3.63, 3.8) is 0 Å². The van der Waals surface area contributed by atoms with E-state index in [0.29, 0.717) is 11.7 Å². The number of aliphatic hydroxyl groups excluding tert-OH is 1. The van der Waals surface area contributed by atoms with Crippen molar-refractivity contribution in [2.75, 3.05) is 5.73 Å². The zero-order chi connectivity index (χ0) is 12.9. The molecule has 1 aliphatic carbocycles. The summed E-state index contributed by atoms with van der Waals surface area (Å²) in [5, 5.41) is 9.89. The maximum absolute atomic E-state index is 9.89. The summed E-state index contributed by atoms with van der Waals surface area (Å²) in [6, 6.07) is 6.25. The number of hydrogen-bond acceptors (Lipinski definition) is 3. The van der Waals surface area contributed by atoms with Gasteiger partial charge >= 0.3 is 0 Å². The van der Waals surface area contributed by atoms with Crippen LogP contribution in [0.15, 0.2) is 18.2 Å². The lowest BCUT2D eigenvalue weighted by molar-refractivity contribution is 0.160. The van der Waals surface area contributed by atoms with Gasteiger partial charge < -0.3 is 15.4 Å². The summed E-state index contributed by atoms with van der Waals surface area (Å²) in [5.74, 6) is 1.52. The molecule has 1 fully saturated rings. The average molecular weight is 245 g/mol. The zero-order valence-corrected chi connectivity index (χ0v) is 10.8. The van der Waals surface area contributed by atoms with Crippen LogP contribution in [0, 0.1) is 5.92 Å². The van der Waals surface area contributed by atoms with Gasteiger partial charge in [-0.15, -0.1) is 0 Å². The largest absolute Gasteiger partial charge is 0.399 e. The number of aliphatic hydroxyl groups is 1. The van der Waals surface area contributed by atoms with Crippen LogP contribution in [-0.2, 0) is 0 Å². The van der Waals surface area contributed by atoms with Gasteiger partial charge in [0.15, 0.2) is 0 Å². The first kappa shape index (κ1) is 11.5. The zero-order valence-electron chi connectivity index (χ0n) is 10.8. The molecule has 1 aromatic carbocycles. The molecule has 4 heteroatoms. The van der Waals surface area contributed by atoms with Gasteiger partial charge in [-0.25, -0.2) is 4.98 Å². The van der Waals surface area contributed by atoms with Gasteiger partial charge in [0, 0.05) is 11.7 Å². The predicted molar refractivity (Wildman–Crippen MR) is 72.2 cm³/mol. The molecule has 1 atom stereocenters. The third-order valence-electron chi connectivity index (χ3n) is 3.83. The van der Waals surface area contributed by atoms with Crippen molar-refractivity contribution in [2.24, 2.45) is 5.92 Å². The van der Waals surface area contributed by atoms with Crippen LogP contribution in [-0.4, -0.2) is 14.7 Å². The molecule has 4 nitrogen and oxygen atoms in total. The molecule has 1 unspecified atom stereocenters. The van der Waals surface area contributed by atoms with Crippen LogP contribution in [0.2, 0.25) is 0 Å². The molecule has 1 saturated carbocycles. The van der Waals surface area contributed by atoms with Crippen LogP contribution in [0.1, 0.15) is 44.7 Å². The third kappa shape index (κ3) is 1.68. The number of imidazole rings is 1. The summed E-state index contributed by atoms with van der Waals surface area (Å²) in [6.45, 7) is 4.03. The molecule has 3 N–H and O–H groups in total. The van der Waals surface area contributed by atoms with Crippen molar-refractivity contribution in [3.05, 3.63) is 24.0 Å². The van der Waals surface area contributed by atoms with Gasteiger partial charge in [0.1, 0.15) is 11.9 Å². The molecular weight excluding hydrogens is 226 g/mol. The van der Waals surface area contributed by atoms with Crippen molar-refractivity contribution in [3.8, 4) is 0 Å². The molecule has 2 aromatic rings. The number of benzene rings is 1. The number of nitrogens with zero attached hydrogens (tertiary/aromatic N) is 2. The van der Waals surface area contributed by atoms with E-state index in [9.17, 15) is 5.11 Å². The minimum absolute atomic E-state index is 0.471. The Morgan fingerprint density at radius 3 is 2.78 bits per heavy atom. The summed E-state index contributed by atoms with van der Waals surface area (Å²) in [4.78, 5) is 4.53. The van der Waals surface area contributed by atoms with Crippen LogP contribution in [0.4, 0.5) is 5.69 Å². The van der Waals surface area contributed by atoms with Gasteiger partial charge in [0.2, 0.25) is 0 Å². The Bertz CT molecular complexity index is 582. The molecule has 0 saturated heterocycles. The second-order valence-corrected chi connectivity index (χ2v) is 5.49. The van der Waals surface area contributed by atoms with E-state index < -0.39 is 6.10 Å². The highest BCUT2D eigenvalue weighted by molar-refractivity contribution is 5.80. The predicted octanol–water partition coefficient (Wildman–Crippen LogP) is 2.64. The third-order valence-corrected chi connectivity index (χ3v) is 3.83. The Balaban J connectivity index is 2.16. The maximum atomic E-state index is 9.89. The van der Waals surface area contributed by atoms with Gasteiger partial charge in [0.05, 0.1) is 11.0 Å². The highest BCUT2D eigenvalue weighted by Crippen LogP contribution is 2.41. The second kappa shape index (κ2) is 3.99. The van der Waals surface area contributed by atoms with Crippen LogP contribution in [0.3, 0.4) is 0 Å². The van der Waals surface area contributed by atoms with E-state index in [4.69, 9.17) is 5.73 Å². The number of hydrogen-bond donors (Lipinski definition) is 2. The summed E-state index contributed by atoms with van der Waals surface area (Å²) < 4.78 is 2.19. The average Bonchev–Trinajstić information content (AvgIpc) is 2.63. The molecule has 0 spiro atoms. The summed E-state index contributed by atoms with van der Waals surface area (Å²) in [6.07, 6.45) is 1.78. The first-order chi connectivity index (χ1) is 8.56. The molecule has 18 heavy (non-hydrogen) atoms. The molecule has 0 radical (unpaired) electrons. The molecule has 96 valence electrons.